The van der Waals surface area contributed by atoms with E-state index in [1.165, 1.54) is 7.11 Å². The van der Waals surface area contributed by atoms with E-state index in [2.05, 4.69) is 5.16 Å². The number of carbonyl (C=O) groups is 1. The summed E-state index contributed by atoms with van der Waals surface area (Å²) in [6.45, 7) is 2.56. The van der Waals surface area contributed by atoms with Crippen LogP contribution in [0.25, 0.3) is 0 Å². The summed E-state index contributed by atoms with van der Waals surface area (Å²) >= 11 is 0. The highest BCUT2D eigenvalue weighted by Crippen LogP contribution is 2.29. The molecule has 0 aromatic heterocycles. The highest BCUT2D eigenvalue weighted by atomic mass is 16.6. The molecular formula is C14H17NO3. The maximum Gasteiger partial charge on any atom is 0.163 e. The van der Waals surface area contributed by atoms with Gasteiger partial charge in [-0.3, -0.25) is 4.79 Å². The average Bonchev–Trinajstić information content (AvgIpc) is 2.39. The molecule has 0 saturated heterocycles. The molecule has 1 aromatic carbocycles. The Morgan fingerprint density at radius 1 is 1.50 bits per heavy atom. The Kier molecular flexibility index (Phi) is 3.97. The molecule has 0 N–H and O–H groups in total. The Balaban J connectivity index is 2.49. The molecule has 1 heterocycles. The molecule has 0 aliphatic carbocycles. The van der Waals surface area contributed by atoms with E-state index in [0.29, 0.717) is 25.0 Å². The zero-order chi connectivity index (χ0) is 13.0. The van der Waals surface area contributed by atoms with Gasteiger partial charge in [0.25, 0.3) is 0 Å². The number of nitrogens with zero attached hydrogens (tertiary/aromatic N) is 1. The van der Waals surface area contributed by atoms with Crippen molar-refractivity contribution < 1.29 is 14.4 Å². The van der Waals surface area contributed by atoms with Crippen LogP contribution in [0.5, 0.6) is 5.75 Å². The lowest BCUT2D eigenvalue weighted by molar-refractivity contribution is 0.0981. The largest absolute Gasteiger partial charge is 0.492 e. The number of Topliss-reactive ketones (excluding diaryl/α,β-unsaturated/α-hetero) is 1. The summed E-state index contributed by atoms with van der Waals surface area (Å²) in [6.07, 6.45) is 2.04. The number of rotatable bonds is 4. The van der Waals surface area contributed by atoms with Gasteiger partial charge in [0, 0.05) is 18.4 Å². The molecule has 4 nitrogen and oxygen atoms in total. The minimum absolute atomic E-state index is 0.128. The summed E-state index contributed by atoms with van der Waals surface area (Å²) in [5, 5.41) is 4.01. The standard InChI is InChI=1S/C14H17NO3/c1-3-5-12(16)10-6-4-7-13-14(10)11(15-17-2)8-9-18-13/h4,6-7H,3,5,8-9H2,1-2H3/b15-11+. The van der Waals surface area contributed by atoms with E-state index < -0.39 is 0 Å². The number of carbonyl (C=O) groups excluding carboxylic acids is 1. The molecule has 2 rings (SSSR count). The average molecular weight is 247 g/mol. The fourth-order valence-electron chi connectivity index (χ4n) is 2.13. The lowest BCUT2D eigenvalue weighted by atomic mass is 9.94. The molecule has 0 amide bonds. The van der Waals surface area contributed by atoms with Crippen molar-refractivity contribution in [1.29, 1.82) is 0 Å². The molecular weight excluding hydrogens is 230 g/mol. The van der Waals surface area contributed by atoms with Crippen molar-refractivity contribution in [1.82, 2.24) is 0 Å². The summed E-state index contributed by atoms with van der Waals surface area (Å²) in [7, 11) is 1.51. The molecule has 4 heteroatoms. The minimum atomic E-state index is 0.128. The van der Waals surface area contributed by atoms with Crippen LogP contribution in [0.3, 0.4) is 0 Å². The Hall–Kier alpha value is -1.84. The highest BCUT2D eigenvalue weighted by Gasteiger charge is 2.23. The van der Waals surface area contributed by atoms with Crippen LogP contribution in [0.1, 0.15) is 42.1 Å². The number of fused-ring (bicyclic) bond motifs is 1. The molecule has 0 spiro atoms. The third kappa shape index (κ3) is 2.37. The van der Waals surface area contributed by atoms with Gasteiger partial charge in [-0.1, -0.05) is 24.2 Å². The SMILES string of the molecule is CCCC(=O)c1cccc2c1/C(=N/OC)CCO2. The van der Waals surface area contributed by atoms with Gasteiger partial charge in [0.2, 0.25) is 0 Å². The molecule has 1 aliphatic rings. The molecule has 18 heavy (non-hydrogen) atoms. The Morgan fingerprint density at radius 2 is 2.33 bits per heavy atom. The van der Waals surface area contributed by atoms with E-state index in [4.69, 9.17) is 9.57 Å². The number of benzene rings is 1. The van der Waals surface area contributed by atoms with Crippen LogP contribution in [0.15, 0.2) is 23.4 Å². The maximum atomic E-state index is 12.1. The third-order valence-electron chi connectivity index (χ3n) is 2.89. The summed E-state index contributed by atoms with van der Waals surface area (Å²) in [4.78, 5) is 17.0. The molecule has 0 bridgehead atoms. The second-order valence-electron chi connectivity index (χ2n) is 4.17. The van der Waals surface area contributed by atoms with Gasteiger partial charge < -0.3 is 9.57 Å². The molecule has 0 unspecified atom stereocenters. The van der Waals surface area contributed by atoms with E-state index in [-0.39, 0.29) is 5.78 Å². The van der Waals surface area contributed by atoms with Gasteiger partial charge in [-0.05, 0) is 12.5 Å². The highest BCUT2D eigenvalue weighted by molar-refractivity contribution is 6.13. The van der Waals surface area contributed by atoms with Crippen LogP contribution in [0.2, 0.25) is 0 Å². The molecule has 1 aromatic rings. The van der Waals surface area contributed by atoms with E-state index in [1.807, 2.05) is 25.1 Å². The summed E-state index contributed by atoms with van der Waals surface area (Å²) in [5.74, 6) is 0.850. The predicted molar refractivity (Wildman–Crippen MR) is 69.3 cm³/mol. The van der Waals surface area contributed by atoms with Crippen LogP contribution in [0, 0.1) is 0 Å². The van der Waals surface area contributed by atoms with Crippen LogP contribution >= 0.6 is 0 Å². The van der Waals surface area contributed by atoms with Crippen molar-refractivity contribution in [2.45, 2.75) is 26.2 Å². The first-order valence-corrected chi connectivity index (χ1v) is 6.17. The topological polar surface area (TPSA) is 47.9 Å². The monoisotopic (exact) mass is 247 g/mol. The Labute approximate surface area is 107 Å². The first kappa shape index (κ1) is 12.6. The first-order chi connectivity index (χ1) is 8.77. The van der Waals surface area contributed by atoms with E-state index >= 15 is 0 Å². The second kappa shape index (κ2) is 5.67. The number of hydrogen-bond donors (Lipinski definition) is 0. The number of ether oxygens (including phenoxy) is 1. The van der Waals surface area contributed by atoms with E-state index in [1.54, 1.807) is 0 Å². The van der Waals surface area contributed by atoms with Crippen LogP contribution in [-0.4, -0.2) is 25.2 Å². The summed E-state index contributed by atoms with van der Waals surface area (Å²) < 4.78 is 5.58. The molecule has 0 atom stereocenters. The van der Waals surface area contributed by atoms with Gasteiger partial charge in [0.15, 0.2) is 5.78 Å². The van der Waals surface area contributed by atoms with E-state index in [0.717, 1.165) is 23.4 Å². The number of ketones is 1. The van der Waals surface area contributed by atoms with Crippen LogP contribution < -0.4 is 4.74 Å². The Bertz CT molecular complexity index is 480. The normalized spacial score (nSPS) is 16.0. The summed E-state index contributed by atoms with van der Waals surface area (Å²) in [5.41, 5.74) is 2.27. The zero-order valence-electron chi connectivity index (χ0n) is 10.7. The molecule has 96 valence electrons. The lowest BCUT2D eigenvalue weighted by Gasteiger charge is -2.20. The predicted octanol–water partition coefficient (Wildman–Crippen LogP) is 2.80. The third-order valence-corrected chi connectivity index (χ3v) is 2.89. The van der Waals surface area contributed by atoms with Crippen molar-refractivity contribution in [3.8, 4) is 5.75 Å². The number of oxime groups is 1. The van der Waals surface area contributed by atoms with Gasteiger partial charge in [-0.2, -0.15) is 0 Å². The lowest BCUT2D eigenvalue weighted by Crippen LogP contribution is -2.20. The Morgan fingerprint density at radius 3 is 3.06 bits per heavy atom. The zero-order valence-corrected chi connectivity index (χ0v) is 10.7. The van der Waals surface area contributed by atoms with Gasteiger partial charge in [0.1, 0.15) is 12.9 Å². The van der Waals surface area contributed by atoms with Gasteiger partial charge >= 0.3 is 0 Å². The quantitative estimate of drug-likeness (QED) is 0.607. The number of hydrogen-bond acceptors (Lipinski definition) is 4. The van der Waals surface area contributed by atoms with Crippen molar-refractivity contribution >= 4 is 11.5 Å². The van der Waals surface area contributed by atoms with Crippen molar-refractivity contribution in [3.05, 3.63) is 29.3 Å². The summed E-state index contributed by atoms with van der Waals surface area (Å²) in [6, 6.07) is 5.54. The molecule has 0 radical (unpaired) electrons. The fourth-order valence-corrected chi connectivity index (χ4v) is 2.13. The molecule has 1 aliphatic heterocycles. The van der Waals surface area contributed by atoms with Gasteiger partial charge in [-0.25, -0.2) is 0 Å². The molecule has 0 fully saturated rings. The van der Waals surface area contributed by atoms with Crippen molar-refractivity contribution in [2.24, 2.45) is 5.16 Å². The van der Waals surface area contributed by atoms with Gasteiger partial charge in [0.05, 0.1) is 17.9 Å². The van der Waals surface area contributed by atoms with Crippen molar-refractivity contribution in [3.63, 3.8) is 0 Å². The van der Waals surface area contributed by atoms with Crippen LogP contribution in [0.4, 0.5) is 0 Å². The smallest absolute Gasteiger partial charge is 0.163 e. The van der Waals surface area contributed by atoms with E-state index in [9.17, 15) is 4.79 Å². The van der Waals surface area contributed by atoms with Crippen molar-refractivity contribution in [2.75, 3.05) is 13.7 Å². The van der Waals surface area contributed by atoms with Gasteiger partial charge in [-0.15, -0.1) is 0 Å². The fraction of sp³-hybridized carbons (Fsp3) is 0.429. The van der Waals surface area contributed by atoms with Crippen LogP contribution in [-0.2, 0) is 4.84 Å². The minimum Gasteiger partial charge on any atom is -0.492 e. The maximum absolute atomic E-state index is 12.1. The second-order valence-corrected chi connectivity index (χ2v) is 4.17. The molecule has 0 saturated carbocycles. The first-order valence-electron chi connectivity index (χ1n) is 6.17.